The van der Waals surface area contributed by atoms with Crippen molar-refractivity contribution in [2.24, 2.45) is 57.9 Å². The first-order valence-corrected chi connectivity index (χ1v) is 48.9. The number of Topliss-reactive ketones (excluding diaryl/α,β-unsaturated/α-hetero) is 3. The van der Waals surface area contributed by atoms with Crippen LogP contribution in [0.15, 0.2) is 89.9 Å². The smallest absolute Gasteiger partial charge is 0.407 e. The van der Waals surface area contributed by atoms with Gasteiger partial charge in [0, 0.05) is 105 Å². The molecule has 36 nitrogen and oxygen atoms in total. The number of primary amides is 1. The lowest BCUT2D eigenvalue weighted by Gasteiger charge is -2.35. The van der Waals surface area contributed by atoms with Crippen LogP contribution >= 0.6 is 0 Å². The van der Waals surface area contributed by atoms with Gasteiger partial charge in [0.25, 0.3) is 0 Å². The molecule has 0 spiro atoms. The van der Waals surface area contributed by atoms with Gasteiger partial charge < -0.3 is 117 Å². The lowest BCUT2D eigenvalue weighted by molar-refractivity contribution is -0.242. The number of nitrogens with two attached hydrogens (primary N) is 2. The first kappa shape index (κ1) is 127. The molecule has 0 bridgehead atoms. The first-order chi connectivity index (χ1) is 65.8. The number of ketones is 3. The van der Waals surface area contributed by atoms with E-state index in [4.69, 9.17) is 68.5 Å². The molecule has 2 aliphatic rings. The molecule has 17 N–H and O–H groups in total. The molecule has 0 aromatic heterocycles. The highest BCUT2D eigenvalue weighted by Gasteiger charge is 2.41. The highest BCUT2D eigenvalue weighted by molar-refractivity contribution is 5.97. The number of alkyl carbamates (subject to hydrolysis) is 2. The summed E-state index contributed by atoms with van der Waals surface area (Å²) in [6.07, 6.45) is 0.566. The molecule has 139 heavy (non-hydrogen) atoms. The Bertz CT molecular complexity index is 4200. The van der Waals surface area contributed by atoms with Crippen molar-refractivity contribution in [2.75, 3.05) is 65.6 Å². The number of nitrogens with zero attached hydrogens (tertiary/aromatic N) is 1. The molecule has 0 unspecified atom stereocenters. The molecule has 2 aliphatic heterocycles. The van der Waals surface area contributed by atoms with Crippen LogP contribution in [0.2, 0.25) is 0 Å². The SMILES string of the molecule is CC(C)CCCN=C(N)c1ccc(OCCCC(C)C)cc1.CC(C)CCCNC(=O)OCc1ccc(O[C@H]2OC[C@H](O)[C@@H](O)[C@@H]2O)c(CC(=O)CCCNC(C)C)c1.CC(C)CNC(=O)OCc1ccc(O[C@H]2OC[C@H](O)[C@@H](O)[C@@H]2O)c(CC(=O)CCCNC(C)C)c1.CC(C)C[C@H](C(=O)N[C@@H](CCCNC(N)=O)C(=O)Cc1ccc(COC(=O)CCCNC(C)C)cc1)C(C)C.O=C=O.O=C=O. The minimum absolute atomic E-state index is 0.00807. The largest absolute Gasteiger partial charge is 0.494 e. The van der Waals surface area contributed by atoms with E-state index in [-0.39, 0.29) is 106 Å². The predicted molar refractivity (Wildman–Crippen MR) is 527 cm³/mol. The van der Waals surface area contributed by atoms with Gasteiger partial charge in [-0.25, -0.2) is 14.4 Å². The third-order valence-electron chi connectivity index (χ3n) is 21.4. The maximum atomic E-state index is 13.3. The predicted octanol–water partition coefficient (Wildman–Crippen LogP) is 10.7. The van der Waals surface area contributed by atoms with E-state index >= 15 is 0 Å². The molecule has 784 valence electrons. The number of urea groups is 1. The third kappa shape index (κ3) is 60.5. The van der Waals surface area contributed by atoms with Crippen LogP contribution in [-0.2, 0) is 106 Å². The fourth-order valence-corrected chi connectivity index (χ4v) is 13.7. The van der Waals surface area contributed by atoms with Gasteiger partial charge in [0.1, 0.15) is 91.1 Å². The number of ether oxygens (including phenoxy) is 8. The molecule has 0 aliphatic carbocycles. The molecule has 5 amide bonds. The standard InChI is InChI=1S/C30H50N4O5.C27H44N2O8.C25H40N2O8.C19H32N2O.2CO2/c1-20(2)17-25(21(3)4)29(37)34-26(9-7-16-33-30(31)38)27(35)18-23-11-13-24(14-12-23)19-39-28(36)10-8-15-32-22(5)6;1-17(2)7-5-12-29-27(34)36-15-19-9-10-23(37-26-25(33)24(32)22(31)16-35-26)20(13-19)14-21(30)8-6-11-28-18(3)4;1-15(2)12-27-25(32)34-13-17-7-8-21(35-24-23(31)22(30)20(29)14-33-24)18(10-17)11-19(28)6-5-9-26-16(3)4;1-15(2)7-5-13-21-19(20)17-9-11-18(12-10-17)22-14-6-8-16(3)4;2*2-1-3/h11-14,20-22,25-26,32H,7-10,15-19H2,1-6H3,(H,34,37)(H3,31,33,38);9-10,13,17-18,22,24-26,28,31-33H,5-8,11-12,14-16H2,1-4H3,(H,29,34);7-8,10,15-16,20,22-24,26,29-31H,5-6,9,11-14H2,1-4H3,(H,27,32);9-12,15-16H,5-8,13-14H2,1-4H3,(H2,20,21);;/t25-,26-;22-,24+,25-,26+;20-,22+,23-,24+;;;/m000.../s1. The number of carbonyl (C=O) groups excluding carboxylic acids is 12. The molecule has 4 aromatic carbocycles. The van der Waals surface area contributed by atoms with Crippen LogP contribution in [0.5, 0.6) is 17.2 Å². The number of esters is 1. The van der Waals surface area contributed by atoms with Gasteiger partial charge in [-0.15, -0.1) is 0 Å². The number of amides is 5. The minimum atomic E-state index is -1.46. The molecule has 2 fully saturated rings. The average molecular weight is 1960 g/mol. The number of aliphatic hydroxyl groups is 6. The second-order valence-corrected chi connectivity index (χ2v) is 38.1. The lowest BCUT2D eigenvalue weighted by atomic mass is 9.86. The quantitative estimate of drug-likeness (QED) is 0.00642. The maximum absolute atomic E-state index is 13.3. The lowest BCUT2D eigenvalue weighted by Crippen LogP contribution is -2.54. The van der Waals surface area contributed by atoms with Gasteiger partial charge in [-0.2, -0.15) is 19.2 Å². The zero-order chi connectivity index (χ0) is 104. The van der Waals surface area contributed by atoms with Crippen molar-refractivity contribution < 1.29 is 126 Å². The Morgan fingerprint density at radius 2 is 0.878 bits per heavy atom. The van der Waals surface area contributed by atoms with E-state index in [2.05, 4.69) is 111 Å². The Morgan fingerprint density at radius 3 is 1.32 bits per heavy atom. The van der Waals surface area contributed by atoms with E-state index < -0.39 is 73.5 Å². The van der Waals surface area contributed by atoms with Crippen LogP contribution < -0.4 is 62.9 Å². The second kappa shape index (κ2) is 73.9. The fraction of sp³-hybridized carbons (Fsp3) is 0.660. The summed E-state index contributed by atoms with van der Waals surface area (Å²) in [5.41, 5.74) is 16.2. The van der Waals surface area contributed by atoms with Crippen LogP contribution in [0.3, 0.4) is 0 Å². The van der Waals surface area contributed by atoms with Crippen molar-refractivity contribution in [3.05, 3.63) is 124 Å². The number of nitrogens with one attached hydrogen (secondary N) is 7. The van der Waals surface area contributed by atoms with Crippen molar-refractivity contribution in [3.8, 4) is 17.2 Å². The zero-order valence-electron chi connectivity index (χ0n) is 85.4. The van der Waals surface area contributed by atoms with Gasteiger partial charge in [0.05, 0.1) is 25.9 Å². The summed E-state index contributed by atoms with van der Waals surface area (Å²) in [6, 6.07) is 25.2. The molecule has 10 atom stereocenters. The number of amidine groups is 1. The Hall–Kier alpha value is -10.2. The Morgan fingerprint density at radius 1 is 0.453 bits per heavy atom. The van der Waals surface area contributed by atoms with Gasteiger partial charge in [0.15, 0.2) is 5.78 Å². The van der Waals surface area contributed by atoms with Crippen LogP contribution in [0.1, 0.15) is 260 Å². The zero-order valence-corrected chi connectivity index (χ0v) is 85.4. The van der Waals surface area contributed by atoms with Crippen LogP contribution in [0.25, 0.3) is 0 Å². The summed E-state index contributed by atoms with van der Waals surface area (Å²) in [7, 11) is 0. The summed E-state index contributed by atoms with van der Waals surface area (Å²) in [5, 5.41) is 80.5. The molecule has 6 rings (SSSR count). The Kier molecular flexibility index (Phi) is 67.4. The van der Waals surface area contributed by atoms with E-state index in [9.17, 15) is 69.0 Å². The molecule has 4 aromatic rings. The van der Waals surface area contributed by atoms with Crippen molar-refractivity contribution in [3.63, 3.8) is 0 Å². The van der Waals surface area contributed by atoms with Gasteiger partial charge >= 0.3 is 36.5 Å². The van der Waals surface area contributed by atoms with Crippen molar-refractivity contribution in [1.29, 1.82) is 0 Å². The van der Waals surface area contributed by atoms with E-state index in [1.54, 1.807) is 36.4 Å². The number of carbonyl (C=O) groups is 8. The molecular formula is C103H166N10O26. The maximum Gasteiger partial charge on any atom is 0.407 e. The van der Waals surface area contributed by atoms with Crippen molar-refractivity contribution in [1.82, 2.24) is 37.2 Å². The average Bonchev–Trinajstić information content (AvgIpc) is 0.820. The van der Waals surface area contributed by atoms with E-state index in [1.807, 2.05) is 104 Å². The molecule has 0 saturated carbocycles. The Labute approximate surface area is 822 Å². The molecule has 2 saturated heterocycles. The summed E-state index contributed by atoms with van der Waals surface area (Å²) >= 11 is 0. The topological polar surface area (TPSA) is 549 Å². The first-order valence-electron chi connectivity index (χ1n) is 48.9. The highest BCUT2D eigenvalue weighted by atomic mass is 16.7. The van der Waals surface area contributed by atoms with Crippen LogP contribution in [0, 0.1) is 41.4 Å². The molecule has 0 radical (unpaired) electrons. The van der Waals surface area contributed by atoms with Gasteiger partial charge in [-0.05, 0) is 203 Å². The summed E-state index contributed by atoms with van der Waals surface area (Å²) in [4.78, 5) is 136. The number of aliphatic hydroxyl groups excluding tert-OH is 6. The van der Waals surface area contributed by atoms with E-state index in [1.165, 1.54) is 12.8 Å². The van der Waals surface area contributed by atoms with Crippen LogP contribution in [0.4, 0.5) is 14.4 Å². The van der Waals surface area contributed by atoms with Gasteiger partial charge in [-0.3, -0.25) is 29.0 Å². The van der Waals surface area contributed by atoms with Gasteiger partial charge in [0.2, 0.25) is 18.5 Å². The van der Waals surface area contributed by atoms with E-state index in [0.717, 1.165) is 106 Å². The molecular weight excluding hydrogens is 1790 g/mol. The number of benzene rings is 4. The molecule has 2 heterocycles. The number of rotatable bonds is 57. The van der Waals surface area contributed by atoms with Crippen molar-refractivity contribution >= 4 is 65.6 Å². The summed E-state index contributed by atoms with van der Waals surface area (Å²) < 4.78 is 44.0. The summed E-state index contributed by atoms with van der Waals surface area (Å²) in [5.74, 6) is 4.36. The second-order valence-electron chi connectivity index (χ2n) is 38.1. The monoisotopic (exact) mass is 1960 g/mol. The number of hydrogen-bond acceptors (Lipinski definition) is 30. The number of aliphatic imine (C=N–C) groups is 1. The summed E-state index contributed by atoms with van der Waals surface area (Å²) in [6.45, 7) is 42.6. The van der Waals surface area contributed by atoms with E-state index in [0.29, 0.717) is 140 Å². The normalized spacial score (nSPS) is 17.1. The van der Waals surface area contributed by atoms with Crippen molar-refractivity contribution in [2.45, 2.75) is 333 Å². The third-order valence-corrected chi connectivity index (χ3v) is 21.4. The Balaban J connectivity index is 0.000000922. The molecule has 36 heteroatoms. The number of hydrogen-bond donors (Lipinski definition) is 15. The van der Waals surface area contributed by atoms with Crippen LogP contribution in [-0.4, -0.2) is 235 Å². The minimum Gasteiger partial charge on any atom is -0.494 e. The van der Waals surface area contributed by atoms with Gasteiger partial charge in [-0.1, -0.05) is 161 Å². The fourth-order valence-electron chi connectivity index (χ4n) is 13.7. The highest BCUT2D eigenvalue weighted by Crippen LogP contribution is 2.30.